The summed E-state index contributed by atoms with van der Waals surface area (Å²) < 4.78 is 36.3. The third kappa shape index (κ3) is 7.84. The minimum absolute atomic E-state index is 0.0411. The van der Waals surface area contributed by atoms with Gasteiger partial charge in [0.1, 0.15) is 67.1 Å². The molecule has 0 amide bonds. The van der Waals surface area contributed by atoms with E-state index in [2.05, 4.69) is 40.7 Å². The van der Waals surface area contributed by atoms with E-state index < -0.39 is 122 Å². The molecule has 0 unspecified atom stereocenters. The van der Waals surface area contributed by atoms with Crippen LogP contribution in [0.25, 0.3) is 0 Å². The van der Waals surface area contributed by atoms with Gasteiger partial charge in [0.05, 0.1) is 45.2 Å². The van der Waals surface area contributed by atoms with Crippen LogP contribution >= 0.6 is 0 Å². The lowest BCUT2D eigenvalue weighted by Crippen LogP contribution is -2.68. The molecule has 8 aliphatic rings. The van der Waals surface area contributed by atoms with E-state index in [9.17, 15) is 61.3 Å². The van der Waals surface area contributed by atoms with Crippen molar-refractivity contribution in [3.63, 3.8) is 0 Å². The zero-order valence-electron chi connectivity index (χ0n) is 38.8. The Labute approximate surface area is 381 Å². The summed E-state index contributed by atoms with van der Waals surface area (Å²) >= 11 is 0. The van der Waals surface area contributed by atoms with Gasteiger partial charge in [-0.2, -0.15) is 0 Å². The summed E-state index contributed by atoms with van der Waals surface area (Å²) in [6, 6.07) is 0. The highest BCUT2D eigenvalue weighted by molar-refractivity contribution is 5.35. The number of hydrogen-bond donors (Lipinski definition) is 12. The molecular weight excluding hydrogens is 852 g/mol. The lowest BCUT2D eigenvalue weighted by molar-refractivity contribution is -0.383. The van der Waals surface area contributed by atoms with Crippen LogP contribution < -0.4 is 0 Å². The third-order valence-electron chi connectivity index (χ3n) is 19.3. The van der Waals surface area contributed by atoms with Crippen molar-refractivity contribution in [2.45, 2.75) is 198 Å². The van der Waals surface area contributed by atoms with Crippen molar-refractivity contribution in [2.24, 2.45) is 50.2 Å². The predicted molar refractivity (Wildman–Crippen MR) is 227 cm³/mol. The van der Waals surface area contributed by atoms with E-state index in [0.29, 0.717) is 19.3 Å². The summed E-state index contributed by atoms with van der Waals surface area (Å²) in [5.41, 5.74) is -0.732. The minimum atomic E-state index is -1.86. The molecule has 8 rings (SSSR count). The molecule has 0 radical (unpaired) electrons. The van der Waals surface area contributed by atoms with E-state index in [1.165, 1.54) is 5.57 Å². The van der Waals surface area contributed by atoms with Crippen molar-refractivity contribution in [3.8, 4) is 0 Å². The van der Waals surface area contributed by atoms with E-state index in [0.717, 1.165) is 38.5 Å². The summed E-state index contributed by atoms with van der Waals surface area (Å²) in [5, 5.41) is 130. The van der Waals surface area contributed by atoms with Crippen molar-refractivity contribution >= 4 is 0 Å². The topological polar surface area (TPSA) is 298 Å². The molecule has 65 heavy (non-hydrogen) atoms. The van der Waals surface area contributed by atoms with Crippen LogP contribution in [-0.2, 0) is 28.4 Å². The summed E-state index contributed by atoms with van der Waals surface area (Å²) in [7, 11) is 0. The van der Waals surface area contributed by atoms with Gasteiger partial charge in [0.15, 0.2) is 18.9 Å². The molecule has 0 aromatic rings. The van der Waals surface area contributed by atoms with Crippen molar-refractivity contribution in [2.75, 3.05) is 33.0 Å². The van der Waals surface area contributed by atoms with Gasteiger partial charge in [0.2, 0.25) is 0 Å². The first-order valence-electron chi connectivity index (χ1n) is 24.0. The monoisotopic (exact) mass is 931 g/mol. The quantitative estimate of drug-likeness (QED) is 0.0943. The number of rotatable bonds is 10. The standard InChI is InChI=1S/C47H78O18/c1-42(2)13-14-47(21-51)23(15-42)22-7-8-28-43(3)11-10-30(44(4,20-50)27(43)9-12-45(28,5)46(22,6)16-29(47)52)64-41-38(65-40-37(59)35(57)32(54)25(18-49)62-40)33(55)26(19-60-41)63-39-36(58)34(56)31(53)24(17-48)61-39/h7,23-41,48-59H,8-21H2,1-6H3/t23-,24+,25+,26-,27+,28+,29+,30-,31+,32+,33-,34-,35-,36+,37+,38+,39-,40-,41-,43-,44-,45+,46+,47+/m0/s1. The molecular formula is C47H78O18. The van der Waals surface area contributed by atoms with Crippen LogP contribution in [0.3, 0.4) is 0 Å². The highest BCUT2D eigenvalue weighted by atomic mass is 16.8. The highest BCUT2D eigenvalue weighted by Crippen LogP contribution is 2.76. The molecule has 4 saturated carbocycles. The largest absolute Gasteiger partial charge is 0.396 e. The first-order valence-corrected chi connectivity index (χ1v) is 24.0. The molecule has 374 valence electrons. The van der Waals surface area contributed by atoms with Crippen molar-refractivity contribution in [1.29, 1.82) is 0 Å². The fourth-order valence-corrected chi connectivity index (χ4v) is 14.9. The molecule has 3 aliphatic heterocycles. The Bertz CT molecular complexity index is 1720. The number of fused-ring (bicyclic) bond motifs is 7. The number of ether oxygens (including phenoxy) is 6. The van der Waals surface area contributed by atoms with Gasteiger partial charge in [-0.05, 0) is 97.2 Å². The first kappa shape index (κ1) is 50.4. The van der Waals surface area contributed by atoms with Gasteiger partial charge in [-0.15, -0.1) is 0 Å². The van der Waals surface area contributed by atoms with E-state index >= 15 is 0 Å². The second-order valence-electron chi connectivity index (χ2n) is 23.0. The maximum Gasteiger partial charge on any atom is 0.187 e. The molecule has 0 bridgehead atoms. The highest BCUT2D eigenvalue weighted by Gasteiger charge is 2.71. The molecule has 3 heterocycles. The summed E-state index contributed by atoms with van der Waals surface area (Å²) in [6.07, 6.45) is -14.7. The average molecular weight is 931 g/mol. The van der Waals surface area contributed by atoms with Gasteiger partial charge in [-0.3, -0.25) is 0 Å². The van der Waals surface area contributed by atoms with E-state index in [1.54, 1.807) is 0 Å². The number of aliphatic hydroxyl groups excluding tert-OH is 12. The smallest absolute Gasteiger partial charge is 0.187 e. The summed E-state index contributed by atoms with van der Waals surface area (Å²) in [4.78, 5) is 0. The Balaban J connectivity index is 1.06. The van der Waals surface area contributed by atoms with Crippen molar-refractivity contribution in [1.82, 2.24) is 0 Å². The van der Waals surface area contributed by atoms with Crippen LogP contribution in [0.15, 0.2) is 11.6 Å². The van der Waals surface area contributed by atoms with E-state index in [-0.39, 0.29) is 59.2 Å². The molecule has 0 aromatic carbocycles. The maximum atomic E-state index is 12.1. The Morgan fingerprint density at radius 1 is 0.615 bits per heavy atom. The zero-order chi connectivity index (χ0) is 47.4. The Hall–Kier alpha value is -0.980. The number of aliphatic hydroxyl groups is 12. The van der Waals surface area contributed by atoms with Gasteiger partial charge in [0.25, 0.3) is 0 Å². The van der Waals surface area contributed by atoms with Crippen molar-refractivity contribution < 1.29 is 89.7 Å². The Morgan fingerprint density at radius 2 is 1.23 bits per heavy atom. The van der Waals surface area contributed by atoms with E-state index in [1.807, 2.05) is 6.92 Å². The molecule has 18 nitrogen and oxygen atoms in total. The van der Waals surface area contributed by atoms with Crippen LogP contribution in [0.5, 0.6) is 0 Å². The molecule has 5 aliphatic carbocycles. The maximum absolute atomic E-state index is 12.1. The molecule has 0 aromatic heterocycles. The first-order chi connectivity index (χ1) is 30.5. The average Bonchev–Trinajstić information content (AvgIpc) is 3.26. The Morgan fingerprint density at radius 3 is 1.82 bits per heavy atom. The van der Waals surface area contributed by atoms with Crippen molar-refractivity contribution in [3.05, 3.63) is 11.6 Å². The molecule has 7 fully saturated rings. The second-order valence-corrected chi connectivity index (χ2v) is 23.0. The molecule has 3 saturated heterocycles. The van der Waals surface area contributed by atoms with Gasteiger partial charge in [-0.25, -0.2) is 0 Å². The number of hydrogen-bond acceptors (Lipinski definition) is 18. The summed E-state index contributed by atoms with van der Waals surface area (Å²) in [6.45, 7) is 11.5. The molecule has 0 spiro atoms. The van der Waals surface area contributed by atoms with Crippen LogP contribution in [0.2, 0.25) is 0 Å². The SMILES string of the molecule is CC1(C)CC[C@]2(CO)[C@H](O)C[C@]3(C)C(=CC[C@@H]4[C@@]5(C)CC[C@H](O[C@@H]6OC[C@H](O[C@@H]7O[C@H](CO)[C@@H](O)[C@H](O)[C@H]7O)[C@H](O)[C@H]6O[C@@H]6O[C@H](CO)[C@@H](O)[C@H](O)[C@H]6O)[C@@](C)(CO)[C@@H]5CC[C@]43C)[C@@H]2C1. The molecule has 12 N–H and O–H groups in total. The molecule has 24 atom stereocenters. The van der Waals surface area contributed by atoms with Crippen LogP contribution in [0.1, 0.15) is 99.3 Å². The van der Waals surface area contributed by atoms with Gasteiger partial charge in [-0.1, -0.05) is 53.2 Å². The van der Waals surface area contributed by atoms with Gasteiger partial charge < -0.3 is 89.7 Å². The van der Waals surface area contributed by atoms with Crippen LogP contribution in [-0.4, -0.2) is 193 Å². The Kier molecular flexibility index (Phi) is 14.0. The summed E-state index contributed by atoms with van der Waals surface area (Å²) in [5.74, 6) is 0.219. The molecule has 18 heteroatoms. The lowest BCUT2D eigenvalue weighted by atomic mass is 9.33. The van der Waals surface area contributed by atoms with Crippen LogP contribution in [0, 0.1) is 50.2 Å². The van der Waals surface area contributed by atoms with Gasteiger partial charge in [0, 0.05) is 10.8 Å². The fraction of sp³-hybridized carbons (Fsp3) is 0.957. The predicted octanol–water partition coefficient (Wildman–Crippen LogP) is -0.804. The zero-order valence-corrected chi connectivity index (χ0v) is 38.8. The minimum Gasteiger partial charge on any atom is -0.396 e. The lowest BCUT2D eigenvalue weighted by Gasteiger charge is -2.72. The third-order valence-corrected chi connectivity index (χ3v) is 19.3. The normalized spacial score (nSPS) is 55.5. The second kappa shape index (κ2) is 18.0. The fourth-order valence-electron chi connectivity index (χ4n) is 14.9. The number of allylic oxidation sites excluding steroid dienone is 2. The van der Waals surface area contributed by atoms with Crippen LogP contribution in [0.4, 0.5) is 0 Å². The van der Waals surface area contributed by atoms with E-state index in [4.69, 9.17) is 28.4 Å². The van der Waals surface area contributed by atoms with Gasteiger partial charge >= 0.3 is 0 Å².